The number of fused-ring (bicyclic) bond motifs is 1. The Labute approximate surface area is 173 Å². The Bertz CT molecular complexity index is 1130. The zero-order valence-corrected chi connectivity index (χ0v) is 16.5. The normalized spacial score (nSPS) is 15.2. The highest BCUT2D eigenvalue weighted by Crippen LogP contribution is 2.39. The quantitative estimate of drug-likeness (QED) is 0.607. The molecule has 8 heteroatoms. The van der Waals surface area contributed by atoms with Gasteiger partial charge in [-0.1, -0.05) is 29.5 Å². The zero-order valence-electron chi connectivity index (χ0n) is 16.5. The Hall–Kier alpha value is -3.73. The third kappa shape index (κ3) is 4.15. The molecule has 1 aromatic heterocycles. The van der Waals surface area contributed by atoms with Crippen molar-refractivity contribution in [2.45, 2.75) is 31.8 Å². The van der Waals surface area contributed by atoms with Crippen LogP contribution in [-0.4, -0.2) is 39.0 Å². The Kier molecular flexibility index (Phi) is 5.19. The van der Waals surface area contributed by atoms with Crippen molar-refractivity contribution >= 4 is 22.9 Å². The number of esters is 1. The monoisotopic (exact) mass is 403 g/mol. The molecule has 1 aliphatic carbocycles. The van der Waals surface area contributed by atoms with Crippen molar-refractivity contribution in [3.63, 3.8) is 0 Å². The second-order valence-corrected chi connectivity index (χ2v) is 7.65. The number of carbonyl (C=O) groups is 2. The summed E-state index contributed by atoms with van der Waals surface area (Å²) in [5.41, 5.74) is 2.15. The molecule has 0 unspecified atom stereocenters. The van der Waals surface area contributed by atoms with Crippen LogP contribution in [0.2, 0.25) is 0 Å². The summed E-state index contributed by atoms with van der Waals surface area (Å²) < 4.78 is 6.89. The summed E-state index contributed by atoms with van der Waals surface area (Å²) in [7, 11) is 0. The molecule has 0 aliphatic heterocycles. The topological polar surface area (TPSA) is 110 Å². The second kappa shape index (κ2) is 7.95. The molecule has 4 rings (SSSR count). The zero-order chi connectivity index (χ0) is 21.1. The fourth-order valence-electron chi connectivity index (χ4n) is 3.38. The molecule has 1 heterocycles. The summed E-state index contributed by atoms with van der Waals surface area (Å²) in [6.07, 6.45) is 1.84. The number of nitrogens with one attached hydrogen (secondary N) is 1. The third-order valence-electron chi connectivity index (χ3n) is 5.30. The van der Waals surface area contributed by atoms with Gasteiger partial charge in [0.15, 0.2) is 6.61 Å². The average Bonchev–Trinajstić information content (AvgIpc) is 3.55. The highest BCUT2D eigenvalue weighted by molar-refractivity contribution is 5.91. The highest BCUT2D eigenvalue weighted by Gasteiger charge is 2.43. The molecule has 0 bridgehead atoms. The predicted molar refractivity (Wildman–Crippen MR) is 108 cm³/mol. The molecule has 0 saturated heterocycles. The number of carbonyl (C=O) groups excluding carboxylic acids is 2. The first-order valence-electron chi connectivity index (χ1n) is 9.75. The molecule has 1 fully saturated rings. The highest BCUT2D eigenvalue weighted by atomic mass is 16.5. The molecule has 8 nitrogen and oxygen atoms in total. The maximum atomic E-state index is 12.2. The van der Waals surface area contributed by atoms with Gasteiger partial charge >= 0.3 is 5.97 Å². The van der Waals surface area contributed by atoms with Crippen LogP contribution in [0.1, 0.15) is 35.7 Å². The summed E-state index contributed by atoms with van der Waals surface area (Å²) >= 11 is 0. The Morgan fingerprint density at radius 2 is 1.97 bits per heavy atom. The lowest BCUT2D eigenvalue weighted by atomic mass is 9.98. The van der Waals surface area contributed by atoms with E-state index < -0.39 is 24.0 Å². The van der Waals surface area contributed by atoms with E-state index in [0.29, 0.717) is 12.1 Å². The van der Waals surface area contributed by atoms with Crippen molar-refractivity contribution in [3.8, 4) is 6.07 Å². The van der Waals surface area contributed by atoms with E-state index in [1.807, 2.05) is 36.4 Å². The summed E-state index contributed by atoms with van der Waals surface area (Å²) in [4.78, 5) is 24.3. The number of benzene rings is 2. The van der Waals surface area contributed by atoms with Gasteiger partial charge in [-0.3, -0.25) is 4.79 Å². The van der Waals surface area contributed by atoms with Gasteiger partial charge in [-0.2, -0.15) is 5.26 Å². The van der Waals surface area contributed by atoms with Crippen molar-refractivity contribution in [2.75, 3.05) is 6.61 Å². The molecule has 1 aliphatic rings. The summed E-state index contributed by atoms with van der Waals surface area (Å²) in [5.74, 6) is -0.904. The molecule has 3 aromatic rings. The first kappa shape index (κ1) is 19.6. The van der Waals surface area contributed by atoms with Gasteiger partial charge < -0.3 is 10.1 Å². The van der Waals surface area contributed by atoms with Crippen molar-refractivity contribution in [2.24, 2.45) is 5.92 Å². The molecule has 1 amide bonds. The number of nitrogens with zero attached hydrogens (tertiary/aromatic N) is 4. The maximum Gasteiger partial charge on any atom is 0.338 e. The molecular weight excluding hydrogens is 382 g/mol. The third-order valence-corrected chi connectivity index (χ3v) is 5.30. The first-order chi connectivity index (χ1) is 14.5. The van der Waals surface area contributed by atoms with E-state index in [2.05, 4.69) is 21.7 Å². The van der Waals surface area contributed by atoms with E-state index in [4.69, 9.17) is 4.74 Å². The molecule has 0 spiro atoms. The predicted octanol–water partition coefficient (Wildman–Crippen LogP) is 2.44. The van der Waals surface area contributed by atoms with E-state index >= 15 is 0 Å². The largest absolute Gasteiger partial charge is 0.452 e. The van der Waals surface area contributed by atoms with Crippen molar-refractivity contribution in [3.05, 3.63) is 59.7 Å². The minimum atomic E-state index is -0.906. The van der Waals surface area contributed by atoms with Gasteiger partial charge in [0.25, 0.3) is 5.91 Å². The number of ether oxygens (including phenoxy) is 1. The first-order valence-corrected chi connectivity index (χ1v) is 9.75. The molecular formula is C22H21N5O3. The Morgan fingerprint density at radius 1 is 1.23 bits per heavy atom. The van der Waals surface area contributed by atoms with E-state index in [0.717, 1.165) is 29.4 Å². The number of amides is 1. The van der Waals surface area contributed by atoms with Crippen LogP contribution in [0.15, 0.2) is 48.5 Å². The van der Waals surface area contributed by atoms with Gasteiger partial charge in [-0.15, -0.1) is 5.10 Å². The second-order valence-electron chi connectivity index (χ2n) is 7.65. The standard InChI is InChI=1S/C22H21N5O3/c1-22(14-23,17-10-11-17)24-20(28)13-30-21(29)16-8-6-15(7-9-16)12-27-19-5-3-2-4-18(19)25-26-27/h2-9,17H,10-13H2,1H3,(H,24,28)/t22-/m0/s1. The van der Waals surface area contributed by atoms with E-state index in [1.54, 1.807) is 23.7 Å². The van der Waals surface area contributed by atoms with Crippen molar-refractivity contribution in [1.82, 2.24) is 20.3 Å². The minimum Gasteiger partial charge on any atom is -0.452 e. The smallest absolute Gasteiger partial charge is 0.338 e. The molecule has 30 heavy (non-hydrogen) atoms. The van der Waals surface area contributed by atoms with Gasteiger partial charge in [-0.25, -0.2) is 9.48 Å². The van der Waals surface area contributed by atoms with Crippen LogP contribution in [0.5, 0.6) is 0 Å². The van der Waals surface area contributed by atoms with E-state index in [1.165, 1.54) is 0 Å². The fourth-order valence-corrected chi connectivity index (χ4v) is 3.38. The molecule has 0 radical (unpaired) electrons. The number of hydrogen-bond donors (Lipinski definition) is 1. The van der Waals surface area contributed by atoms with Crippen LogP contribution in [0, 0.1) is 17.2 Å². The van der Waals surface area contributed by atoms with Gasteiger partial charge in [-0.05, 0) is 55.5 Å². The van der Waals surface area contributed by atoms with Crippen LogP contribution in [0.25, 0.3) is 11.0 Å². The minimum absolute atomic E-state index is 0.164. The molecule has 1 N–H and O–H groups in total. The van der Waals surface area contributed by atoms with Crippen LogP contribution < -0.4 is 5.32 Å². The Balaban J connectivity index is 1.33. The number of para-hydroxylation sites is 1. The van der Waals surface area contributed by atoms with Gasteiger partial charge in [0.05, 0.1) is 23.7 Å². The van der Waals surface area contributed by atoms with Crippen LogP contribution in [-0.2, 0) is 16.1 Å². The van der Waals surface area contributed by atoms with Gasteiger partial charge in [0.2, 0.25) is 0 Å². The SMILES string of the molecule is C[C@@](C#N)(NC(=O)COC(=O)c1ccc(Cn2nnc3ccccc32)cc1)C1CC1. The van der Waals surface area contributed by atoms with E-state index in [9.17, 15) is 14.9 Å². The van der Waals surface area contributed by atoms with Crippen molar-refractivity contribution < 1.29 is 14.3 Å². The number of aromatic nitrogens is 3. The molecule has 152 valence electrons. The average molecular weight is 403 g/mol. The van der Waals surface area contributed by atoms with Crippen LogP contribution in [0.4, 0.5) is 0 Å². The lowest BCUT2D eigenvalue weighted by molar-refractivity contribution is -0.125. The number of rotatable bonds is 7. The number of nitriles is 1. The fraction of sp³-hybridized carbons (Fsp3) is 0.318. The molecule has 1 atom stereocenters. The van der Waals surface area contributed by atoms with Crippen LogP contribution in [0.3, 0.4) is 0 Å². The summed E-state index contributed by atoms with van der Waals surface area (Å²) in [6, 6.07) is 16.8. The molecule has 1 saturated carbocycles. The summed E-state index contributed by atoms with van der Waals surface area (Å²) in [5, 5.41) is 20.2. The van der Waals surface area contributed by atoms with Gasteiger partial charge in [0, 0.05) is 0 Å². The van der Waals surface area contributed by atoms with Crippen molar-refractivity contribution in [1.29, 1.82) is 5.26 Å². The van der Waals surface area contributed by atoms with Crippen LogP contribution >= 0.6 is 0 Å². The van der Waals surface area contributed by atoms with E-state index in [-0.39, 0.29) is 5.92 Å². The maximum absolute atomic E-state index is 12.2. The summed E-state index contributed by atoms with van der Waals surface area (Å²) in [6.45, 7) is 1.79. The number of hydrogen-bond acceptors (Lipinski definition) is 6. The lowest BCUT2D eigenvalue weighted by Gasteiger charge is -2.22. The van der Waals surface area contributed by atoms with Gasteiger partial charge in [0.1, 0.15) is 11.1 Å². The molecule has 2 aromatic carbocycles. The Morgan fingerprint density at radius 3 is 2.67 bits per heavy atom. The lowest BCUT2D eigenvalue weighted by Crippen LogP contribution is -2.48.